The first-order chi connectivity index (χ1) is 10.0. The highest BCUT2D eigenvalue weighted by Crippen LogP contribution is 2.25. The van der Waals surface area contributed by atoms with Gasteiger partial charge in [-0.05, 0) is 48.2 Å². The molecule has 0 amide bonds. The fraction of sp³-hybridized carbons (Fsp3) is 0.824. The topological polar surface area (TPSA) is 29.9 Å². The molecule has 0 aliphatic rings. The zero-order chi connectivity index (χ0) is 15.8. The van der Waals surface area contributed by atoms with E-state index in [1.165, 1.54) is 42.3 Å². The maximum atomic E-state index is 4.53. The number of nitrogens with one attached hydrogen (secondary N) is 1. The van der Waals surface area contributed by atoms with Crippen molar-refractivity contribution in [2.24, 2.45) is 13.0 Å². The molecule has 122 valence electrons. The van der Waals surface area contributed by atoms with Crippen molar-refractivity contribution in [2.75, 3.05) is 6.54 Å². The van der Waals surface area contributed by atoms with Crippen LogP contribution in [0.3, 0.4) is 0 Å². The zero-order valence-electron chi connectivity index (χ0n) is 14.4. The van der Waals surface area contributed by atoms with E-state index < -0.39 is 0 Å². The quantitative estimate of drug-likeness (QED) is 0.661. The molecular weight excluding hydrogens is 326 g/mol. The Bertz CT molecular complexity index is 414. The Hall–Kier alpha value is -0.350. The van der Waals surface area contributed by atoms with Gasteiger partial charge in [-0.15, -0.1) is 0 Å². The third kappa shape index (κ3) is 5.41. The molecule has 0 fully saturated rings. The van der Waals surface area contributed by atoms with Crippen LogP contribution in [-0.2, 0) is 13.5 Å². The minimum absolute atomic E-state index is 0.549. The lowest BCUT2D eigenvalue weighted by molar-refractivity contribution is 0.311. The minimum atomic E-state index is 0.549. The molecule has 0 radical (unpaired) electrons. The van der Waals surface area contributed by atoms with Crippen molar-refractivity contribution >= 4 is 15.9 Å². The molecule has 1 N–H and O–H groups in total. The predicted octanol–water partition coefficient (Wildman–Crippen LogP) is 4.62. The Morgan fingerprint density at radius 3 is 2.43 bits per heavy atom. The highest BCUT2D eigenvalue weighted by Gasteiger charge is 2.22. The van der Waals surface area contributed by atoms with Crippen LogP contribution in [0.1, 0.15) is 64.3 Å². The number of halogens is 1. The summed E-state index contributed by atoms with van der Waals surface area (Å²) in [6.07, 6.45) is 7.42. The van der Waals surface area contributed by atoms with Crippen LogP contribution in [0.15, 0.2) is 4.47 Å². The van der Waals surface area contributed by atoms with Crippen molar-refractivity contribution in [1.82, 2.24) is 15.1 Å². The third-order valence-electron chi connectivity index (χ3n) is 4.35. The number of aromatic nitrogens is 2. The fourth-order valence-electron chi connectivity index (χ4n) is 3.00. The Balaban J connectivity index is 2.85. The smallest absolute Gasteiger partial charge is 0.0738 e. The van der Waals surface area contributed by atoms with Crippen LogP contribution >= 0.6 is 15.9 Å². The molecule has 2 atom stereocenters. The molecule has 1 heterocycles. The van der Waals surface area contributed by atoms with Gasteiger partial charge < -0.3 is 5.32 Å². The first-order valence-corrected chi connectivity index (χ1v) is 9.25. The molecule has 2 unspecified atom stereocenters. The fourth-order valence-corrected chi connectivity index (χ4v) is 3.50. The maximum Gasteiger partial charge on any atom is 0.0738 e. The van der Waals surface area contributed by atoms with Crippen molar-refractivity contribution in [2.45, 2.75) is 72.3 Å². The molecule has 1 aromatic heterocycles. The molecule has 21 heavy (non-hydrogen) atoms. The zero-order valence-corrected chi connectivity index (χ0v) is 16.0. The molecular formula is C17H32BrN3. The van der Waals surface area contributed by atoms with E-state index in [0.29, 0.717) is 6.04 Å². The van der Waals surface area contributed by atoms with Crippen LogP contribution in [0.5, 0.6) is 0 Å². The van der Waals surface area contributed by atoms with Gasteiger partial charge in [-0.25, -0.2) is 0 Å². The summed E-state index contributed by atoms with van der Waals surface area (Å²) in [5.41, 5.74) is 2.40. The first-order valence-electron chi connectivity index (χ1n) is 8.46. The minimum Gasteiger partial charge on any atom is -0.313 e. The molecule has 4 heteroatoms. The van der Waals surface area contributed by atoms with Crippen LogP contribution < -0.4 is 5.32 Å². The Kier molecular flexibility index (Phi) is 8.57. The van der Waals surface area contributed by atoms with E-state index in [1.54, 1.807) is 0 Å². The predicted molar refractivity (Wildman–Crippen MR) is 94.7 cm³/mol. The molecule has 1 rings (SSSR count). The van der Waals surface area contributed by atoms with Gasteiger partial charge in [0.05, 0.1) is 15.9 Å². The van der Waals surface area contributed by atoms with Gasteiger partial charge in [-0.2, -0.15) is 5.10 Å². The molecule has 3 nitrogen and oxygen atoms in total. The molecule has 1 aromatic rings. The van der Waals surface area contributed by atoms with E-state index in [1.807, 2.05) is 4.68 Å². The average Bonchev–Trinajstić information content (AvgIpc) is 2.71. The summed E-state index contributed by atoms with van der Waals surface area (Å²) in [4.78, 5) is 0. The van der Waals surface area contributed by atoms with E-state index in [2.05, 4.69) is 61.1 Å². The van der Waals surface area contributed by atoms with Gasteiger partial charge >= 0.3 is 0 Å². The molecule has 0 aromatic carbocycles. The maximum absolute atomic E-state index is 4.53. The molecule has 0 spiro atoms. The van der Waals surface area contributed by atoms with E-state index >= 15 is 0 Å². The van der Waals surface area contributed by atoms with Gasteiger partial charge in [0.2, 0.25) is 0 Å². The average molecular weight is 358 g/mol. The number of nitrogens with zero attached hydrogens (tertiary/aromatic N) is 2. The Morgan fingerprint density at radius 2 is 1.95 bits per heavy atom. The van der Waals surface area contributed by atoms with Gasteiger partial charge in [-0.3, -0.25) is 4.68 Å². The second kappa shape index (κ2) is 9.62. The summed E-state index contributed by atoms with van der Waals surface area (Å²) in [6, 6.07) is 0.549. The second-order valence-electron chi connectivity index (χ2n) is 6.04. The molecule has 0 saturated heterocycles. The van der Waals surface area contributed by atoms with E-state index in [-0.39, 0.29) is 0 Å². The first kappa shape index (κ1) is 18.7. The van der Waals surface area contributed by atoms with Crippen molar-refractivity contribution in [1.29, 1.82) is 0 Å². The highest BCUT2D eigenvalue weighted by molar-refractivity contribution is 9.10. The van der Waals surface area contributed by atoms with E-state index in [4.69, 9.17) is 0 Å². The van der Waals surface area contributed by atoms with Gasteiger partial charge in [0.25, 0.3) is 0 Å². The largest absolute Gasteiger partial charge is 0.313 e. The summed E-state index contributed by atoms with van der Waals surface area (Å²) in [6.45, 7) is 10.0. The SMILES string of the molecule is CCCCC(CC)C(Cc1c(Br)c(C)nn1C)NCCC. The van der Waals surface area contributed by atoms with Gasteiger partial charge in [0.1, 0.15) is 0 Å². The number of hydrogen-bond donors (Lipinski definition) is 1. The summed E-state index contributed by atoms with van der Waals surface area (Å²) in [7, 11) is 2.05. The van der Waals surface area contributed by atoms with Gasteiger partial charge in [0, 0.05) is 19.5 Å². The van der Waals surface area contributed by atoms with Gasteiger partial charge in [0.15, 0.2) is 0 Å². The van der Waals surface area contributed by atoms with Crippen LogP contribution in [0.4, 0.5) is 0 Å². The Labute approximate surface area is 139 Å². The summed E-state index contributed by atoms with van der Waals surface area (Å²) in [5, 5.41) is 8.31. The van der Waals surface area contributed by atoms with Crippen molar-refractivity contribution in [3.8, 4) is 0 Å². The number of unbranched alkanes of at least 4 members (excludes halogenated alkanes) is 1. The van der Waals surface area contributed by atoms with E-state index in [0.717, 1.165) is 24.6 Å². The van der Waals surface area contributed by atoms with Crippen LogP contribution in [0, 0.1) is 12.8 Å². The van der Waals surface area contributed by atoms with Crippen LogP contribution in [-0.4, -0.2) is 22.4 Å². The second-order valence-corrected chi connectivity index (χ2v) is 6.84. The van der Waals surface area contributed by atoms with Crippen molar-refractivity contribution in [3.63, 3.8) is 0 Å². The van der Waals surface area contributed by atoms with Crippen molar-refractivity contribution < 1.29 is 0 Å². The molecule has 0 bridgehead atoms. The lowest BCUT2D eigenvalue weighted by atomic mass is 9.88. The normalized spacial score (nSPS) is 14.4. The lowest BCUT2D eigenvalue weighted by Gasteiger charge is -2.28. The summed E-state index contributed by atoms with van der Waals surface area (Å²) >= 11 is 3.71. The monoisotopic (exact) mass is 357 g/mol. The Morgan fingerprint density at radius 1 is 1.24 bits per heavy atom. The number of rotatable bonds is 10. The lowest BCUT2D eigenvalue weighted by Crippen LogP contribution is -2.39. The van der Waals surface area contributed by atoms with Gasteiger partial charge in [-0.1, -0.05) is 40.0 Å². The summed E-state index contributed by atoms with van der Waals surface area (Å²) in [5.74, 6) is 0.749. The standard InChI is InChI=1S/C17H32BrN3/c1-6-9-10-14(8-3)15(19-11-7-2)12-16-17(18)13(4)20-21(16)5/h14-15,19H,6-12H2,1-5H3. The molecule has 0 aliphatic heterocycles. The van der Waals surface area contributed by atoms with Crippen molar-refractivity contribution in [3.05, 3.63) is 15.9 Å². The number of aryl methyl sites for hydroxylation is 2. The third-order valence-corrected chi connectivity index (χ3v) is 5.38. The van der Waals surface area contributed by atoms with Crippen LogP contribution in [0.25, 0.3) is 0 Å². The summed E-state index contributed by atoms with van der Waals surface area (Å²) < 4.78 is 3.21. The number of hydrogen-bond acceptors (Lipinski definition) is 2. The molecule has 0 saturated carbocycles. The van der Waals surface area contributed by atoms with Crippen LogP contribution in [0.2, 0.25) is 0 Å². The highest BCUT2D eigenvalue weighted by atomic mass is 79.9. The molecule has 0 aliphatic carbocycles. The van der Waals surface area contributed by atoms with E-state index in [9.17, 15) is 0 Å².